The molecule has 0 radical (unpaired) electrons. The maximum Gasteiger partial charge on any atom is 0.293 e. The number of fused-ring (bicyclic) bond motifs is 1. The number of hydrogen-bond donors (Lipinski definition) is 1. The normalized spacial score (nSPS) is 16.4. The Kier molecular flexibility index (Phi) is 6.02. The molecule has 0 spiro atoms. The number of para-hydroxylation sites is 1. The third kappa shape index (κ3) is 4.14. The monoisotopic (exact) mass is 476 g/mol. The number of nitrogens with one attached hydrogen (secondary N) is 1. The lowest BCUT2D eigenvalue weighted by molar-refractivity contribution is -0.122. The van der Waals surface area contributed by atoms with E-state index >= 15 is 0 Å². The Bertz CT molecular complexity index is 1320. The van der Waals surface area contributed by atoms with Crippen LogP contribution in [0.3, 0.4) is 0 Å². The predicted molar refractivity (Wildman–Crippen MR) is 127 cm³/mol. The number of aromatic nitrogens is 2. The molecule has 1 fully saturated rings. The summed E-state index contributed by atoms with van der Waals surface area (Å²) in [5.41, 5.74) is 3.51. The number of hydrogen-bond acceptors (Lipinski definition) is 5. The van der Waals surface area contributed by atoms with Crippen molar-refractivity contribution in [2.45, 2.75) is 19.3 Å². The van der Waals surface area contributed by atoms with E-state index < -0.39 is 17.0 Å². The van der Waals surface area contributed by atoms with Crippen LogP contribution in [0.15, 0.2) is 59.5 Å². The molecule has 9 heteroatoms. The molecule has 3 amide bonds. The number of halogens is 1. The standard InChI is InChI=1S/C25H21FN4O3S/c26-19-11-5-4-7-16(19)15-21-24(32)29(25(33)34-21)14-13-27-23(31)22-18-10-6-12-20(18)30(28-22)17-8-2-1-3-9-17/h1-5,7-9,11,15H,6,10,12-14H2,(H,27,31)/b21-15-. The van der Waals surface area contributed by atoms with E-state index in [2.05, 4.69) is 10.4 Å². The number of carbonyl (C=O) groups excluding carboxylic acids is 3. The number of imide groups is 1. The first kappa shape index (κ1) is 22.1. The van der Waals surface area contributed by atoms with Crippen LogP contribution in [0, 0.1) is 5.82 Å². The van der Waals surface area contributed by atoms with Crippen LogP contribution in [-0.4, -0.2) is 44.8 Å². The van der Waals surface area contributed by atoms with Gasteiger partial charge in [0, 0.05) is 29.9 Å². The molecule has 5 rings (SSSR count). The van der Waals surface area contributed by atoms with Gasteiger partial charge >= 0.3 is 0 Å². The quantitative estimate of drug-likeness (QED) is 0.545. The number of carbonyl (C=O) groups is 3. The maximum atomic E-state index is 13.9. The van der Waals surface area contributed by atoms with Crippen LogP contribution in [-0.2, 0) is 17.6 Å². The Labute approximate surface area is 199 Å². The van der Waals surface area contributed by atoms with E-state index in [4.69, 9.17) is 0 Å². The fraction of sp³-hybridized carbons (Fsp3) is 0.200. The first-order chi connectivity index (χ1) is 16.5. The number of benzene rings is 2. The van der Waals surface area contributed by atoms with Crippen molar-refractivity contribution in [1.29, 1.82) is 0 Å². The van der Waals surface area contributed by atoms with Crippen molar-refractivity contribution >= 4 is 34.9 Å². The fourth-order valence-corrected chi connectivity index (χ4v) is 5.05. The van der Waals surface area contributed by atoms with E-state index in [1.807, 2.05) is 35.0 Å². The van der Waals surface area contributed by atoms with E-state index in [0.717, 1.165) is 52.9 Å². The second-order valence-electron chi connectivity index (χ2n) is 7.99. The minimum Gasteiger partial charge on any atom is -0.349 e. The van der Waals surface area contributed by atoms with Crippen LogP contribution in [0.5, 0.6) is 0 Å². The zero-order valence-electron chi connectivity index (χ0n) is 18.2. The van der Waals surface area contributed by atoms with E-state index in [1.165, 1.54) is 18.2 Å². The van der Waals surface area contributed by atoms with Gasteiger partial charge in [0.1, 0.15) is 5.82 Å². The van der Waals surface area contributed by atoms with Crippen LogP contribution < -0.4 is 5.32 Å². The summed E-state index contributed by atoms with van der Waals surface area (Å²) in [7, 11) is 0. The highest BCUT2D eigenvalue weighted by Crippen LogP contribution is 2.32. The minimum absolute atomic E-state index is 0.0204. The maximum absolute atomic E-state index is 13.9. The van der Waals surface area contributed by atoms with Gasteiger partial charge in [-0.1, -0.05) is 36.4 Å². The topological polar surface area (TPSA) is 84.3 Å². The molecular weight excluding hydrogens is 455 g/mol. The highest BCUT2D eigenvalue weighted by molar-refractivity contribution is 8.18. The van der Waals surface area contributed by atoms with Crippen LogP contribution in [0.4, 0.5) is 9.18 Å². The largest absolute Gasteiger partial charge is 0.349 e. The second-order valence-corrected chi connectivity index (χ2v) is 8.98. The van der Waals surface area contributed by atoms with Crippen molar-refractivity contribution in [3.63, 3.8) is 0 Å². The van der Waals surface area contributed by atoms with Crippen molar-refractivity contribution in [1.82, 2.24) is 20.0 Å². The molecule has 2 aliphatic rings. The summed E-state index contributed by atoms with van der Waals surface area (Å²) >= 11 is 0.761. The lowest BCUT2D eigenvalue weighted by Gasteiger charge is -2.12. The van der Waals surface area contributed by atoms with Crippen LogP contribution >= 0.6 is 11.8 Å². The van der Waals surface area contributed by atoms with E-state index in [-0.39, 0.29) is 29.5 Å². The number of nitrogens with zero attached hydrogens (tertiary/aromatic N) is 3. The van der Waals surface area contributed by atoms with Crippen molar-refractivity contribution in [2.75, 3.05) is 13.1 Å². The minimum atomic E-state index is -0.498. The smallest absolute Gasteiger partial charge is 0.293 e. The third-order valence-corrected chi connectivity index (χ3v) is 6.74. The van der Waals surface area contributed by atoms with Gasteiger partial charge < -0.3 is 5.32 Å². The van der Waals surface area contributed by atoms with Crippen molar-refractivity contribution < 1.29 is 18.8 Å². The Balaban J connectivity index is 1.25. The highest BCUT2D eigenvalue weighted by Gasteiger charge is 2.35. The predicted octanol–water partition coefficient (Wildman–Crippen LogP) is 3.97. The number of thioether (sulfide) groups is 1. The fourth-order valence-electron chi connectivity index (χ4n) is 4.19. The van der Waals surface area contributed by atoms with Crippen LogP contribution in [0.25, 0.3) is 11.8 Å². The van der Waals surface area contributed by atoms with Crippen LogP contribution in [0.2, 0.25) is 0 Å². The molecule has 0 bridgehead atoms. The highest BCUT2D eigenvalue weighted by atomic mass is 32.2. The number of rotatable bonds is 6. The summed E-state index contributed by atoms with van der Waals surface area (Å²) in [6, 6.07) is 15.7. The lowest BCUT2D eigenvalue weighted by atomic mass is 10.2. The van der Waals surface area contributed by atoms with Crippen LogP contribution in [0.1, 0.15) is 33.7 Å². The summed E-state index contributed by atoms with van der Waals surface area (Å²) in [6.07, 6.45) is 3.98. The van der Waals surface area contributed by atoms with Gasteiger partial charge in [0.25, 0.3) is 17.1 Å². The first-order valence-corrected chi connectivity index (χ1v) is 11.8. The molecule has 0 atom stereocenters. The summed E-state index contributed by atoms with van der Waals surface area (Å²) in [6.45, 7) is 0.115. The van der Waals surface area contributed by atoms with Gasteiger partial charge in [-0.3, -0.25) is 19.3 Å². The van der Waals surface area contributed by atoms with Gasteiger partial charge in [-0.25, -0.2) is 9.07 Å². The summed E-state index contributed by atoms with van der Waals surface area (Å²) in [4.78, 5) is 39.1. The van der Waals surface area contributed by atoms with Crippen molar-refractivity contribution in [3.8, 4) is 5.69 Å². The molecule has 0 saturated carbocycles. The second kappa shape index (κ2) is 9.26. The lowest BCUT2D eigenvalue weighted by Crippen LogP contribution is -2.37. The molecule has 2 aromatic carbocycles. The summed E-state index contributed by atoms with van der Waals surface area (Å²) < 4.78 is 15.7. The molecule has 1 aliphatic carbocycles. The van der Waals surface area contributed by atoms with Crippen molar-refractivity contribution in [3.05, 3.63) is 87.8 Å². The molecule has 1 aromatic heterocycles. The third-order valence-electron chi connectivity index (χ3n) is 5.83. The van der Waals surface area contributed by atoms with E-state index in [9.17, 15) is 18.8 Å². The van der Waals surface area contributed by atoms with E-state index in [0.29, 0.717) is 5.69 Å². The average Bonchev–Trinajstić information content (AvgIpc) is 3.52. The molecular formula is C25H21FN4O3S. The average molecular weight is 477 g/mol. The molecule has 3 aromatic rings. The van der Waals surface area contributed by atoms with Gasteiger partial charge in [0.2, 0.25) is 0 Å². The Morgan fingerprint density at radius 2 is 1.85 bits per heavy atom. The van der Waals surface area contributed by atoms with Gasteiger partial charge in [0.05, 0.1) is 10.6 Å². The zero-order valence-corrected chi connectivity index (χ0v) is 19.0. The zero-order chi connectivity index (χ0) is 23.7. The molecule has 7 nitrogen and oxygen atoms in total. The molecule has 2 heterocycles. The first-order valence-electron chi connectivity index (χ1n) is 11.0. The molecule has 1 N–H and O–H groups in total. The van der Waals surface area contributed by atoms with Gasteiger partial charge in [-0.2, -0.15) is 5.10 Å². The summed E-state index contributed by atoms with van der Waals surface area (Å²) in [5, 5.41) is 6.90. The molecule has 1 aliphatic heterocycles. The SMILES string of the molecule is O=C(NCCN1C(=O)S/C(=C\c2ccccc2F)C1=O)c1nn(-c2ccccc2)c2c1CCC2. The van der Waals surface area contributed by atoms with Crippen molar-refractivity contribution in [2.24, 2.45) is 0 Å². The molecule has 0 unspecified atom stereocenters. The van der Waals surface area contributed by atoms with Gasteiger partial charge in [-0.05, 0) is 55.3 Å². The Morgan fingerprint density at radius 3 is 2.65 bits per heavy atom. The Hall–Kier alpha value is -3.72. The Morgan fingerprint density at radius 1 is 1.09 bits per heavy atom. The van der Waals surface area contributed by atoms with E-state index in [1.54, 1.807) is 12.1 Å². The molecule has 1 saturated heterocycles. The summed E-state index contributed by atoms with van der Waals surface area (Å²) in [5.74, 6) is -1.30. The van der Waals surface area contributed by atoms with Gasteiger partial charge in [0.15, 0.2) is 5.69 Å². The number of amides is 3. The molecule has 34 heavy (non-hydrogen) atoms. The van der Waals surface area contributed by atoms with Gasteiger partial charge in [-0.15, -0.1) is 0 Å². The molecule has 172 valence electrons.